The van der Waals surface area contributed by atoms with Crippen LogP contribution in [0.15, 0.2) is 24.3 Å². The zero-order valence-electron chi connectivity index (χ0n) is 8.80. The van der Waals surface area contributed by atoms with E-state index in [0.29, 0.717) is 0 Å². The van der Waals surface area contributed by atoms with Crippen LogP contribution in [0.4, 0.5) is 17.6 Å². The van der Waals surface area contributed by atoms with E-state index in [0.717, 1.165) is 10.4 Å². The van der Waals surface area contributed by atoms with Crippen LogP contribution in [0.3, 0.4) is 0 Å². The Morgan fingerprint density at radius 1 is 0.750 bits per heavy atom. The van der Waals surface area contributed by atoms with Crippen LogP contribution < -0.4 is 10.4 Å². The topological polar surface area (TPSA) is 0 Å². The lowest BCUT2D eigenvalue weighted by Gasteiger charge is -2.03. The van der Waals surface area contributed by atoms with Gasteiger partial charge in [0.25, 0.3) is 0 Å². The molecule has 0 saturated heterocycles. The molecule has 1 aromatic rings. The van der Waals surface area contributed by atoms with Crippen LogP contribution in [-0.4, -0.2) is 31.9 Å². The molecule has 0 unspecified atom stereocenters. The second-order valence-corrected chi connectivity index (χ2v) is 7.46. The largest absolute Gasteiger partial charge is 0.236 e. The summed E-state index contributed by atoms with van der Waals surface area (Å²) >= 11 is 0. The van der Waals surface area contributed by atoms with Crippen LogP contribution in [0.1, 0.15) is 0 Å². The Hall–Kier alpha value is -0.626. The Kier molecular flexibility index (Phi) is 5.75. The first-order valence-corrected chi connectivity index (χ1v) is 8.63. The number of hydrogen-bond donors (Lipinski definition) is 0. The number of benzene rings is 1. The van der Waals surface area contributed by atoms with Crippen LogP contribution in [0.25, 0.3) is 0 Å². The predicted molar refractivity (Wildman–Crippen MR) is 64.4 cm³/mol. The van der Waals surface area contributed by atoms with Gasteiger partial charge in [0.15, 0.2) is 0 Å². The molecular formula is C10H14F4Si2. The average molecular weight is 266 g/mol. The summed E-state index contributed by atoms with van der Waals surface area (Å²) < 4.78 is 47.9. The van der Waals surface area contributed by atoms with E-state index in [1.807, 2.05) is 24.3 Å². The van der Waals surface area contributed by atoms with Crippen molar-refractivity contribution in [2.45, 2.75) is 24.9 Å². The number of alkyl halides is 4. The predicted octanol–water partition coefficient (Wildman–Crippen LogP) is 0.642. The van der Waals surface area contributed by atoms with E-state index in [9.17, 15) is 17.6 Å². The zero-order chi connectivity index (χ0) is 12.0. The highest BCUT2D eigenvalue weighted by atomic mass is 28.2. The first-order chi connectivity index (χ1) is 7.58. The molecule has 0 N–H and O–H groups in total. The van der Waals surface area contributed by atoms with E-state index in [1.54, 1.807) is 0 Å². The second-order valence-electron chi connectivity index (χ2n) is 3.68. The second kappa shape index (κ2) is 6.85. The average Bonchev–Trinajstić information content (AvgIpc) is 2.25. The first-order valence-electron chi connectivity index (χ1n) is 5.22. The maximum absolute atomic E-state index is 12.0. The summed E-state index contributed by atoms with van der Waals surface area (Å²) in [6.45, 7) is 0. The fourth-order valence-corrected chi connectivity index (χ4v) is 3.67. The van der Waals surface area contributed by atoms with Gasteiger partial charge in [-0.3, -0.25) is 0 Å². The van der Waals surface area contributed by atoms with Crippen molar-refractivity contribution in [3.8, 4) is 0 Å². The fraction of sp³-hybridized carbons (Fsp3) is 0.400. The van der Waals surface area contributed by atoms with E-state index in [-0.39, 0.29) is 12.1 Å². The molecule has 1 aromatic carbocycles. The highest BCUT2D eigenvalue weighted by Gasteiger charge is 2.05. The zero-order valence-corrected chi connectivity index (χ0v) is 11.6. The Morgan fingerprint density at radius 3 is 1.31 bits per heavy atom. The normalized spacial score (nSPS) is 12.9. The summed E-state index contributed by atoms with van der Waals surface area (Å²) in [5.74, 6) is 0. The third kappa shape index (κ3) is 5.46. The minimum Gasteiger partial charge on any atom is -0.211 e. The van der Waals surface area contributed by atoms with Crippen molar-refractivity contribution in [3.05, 3.63) is 24.3 Å². The van der Waals surface area contributed by atoms with Crippen LogP contribution in [-0.2, 0) is 0 Å². The quantitative estimate of drug-likeness (QED) is 0.524. The highest BCUT2D eigenvalue weighted by Crippen LogP contribution is 1.99. The number of rotatable bonds is 6. The van der Waals surface area contributed by atoms with Gasteiger partial charge in [0, 0.05) is 12.1 Å². The van der Waals surface area contributed by atoms with E-state index in [1.165, 1.54) is 0 Å². The van der Waals surface area contributed by atoms with Crippen molar-refractivity contribution in [1.29, 1.82) is 0 Å². The highest BCUT2D eigenvalue weighted by molar-refractivity contribution is 6.55. The summed E-state index contributed by atoms with van der Waals surface area (Å²) in [4.78, 5) is 0. The Balaban J connectivity index is 2.41. The van der Waals surface area contributed by atoms with Gasteiger partial charge in [-0.05, 0) is 0 Å². The van der Waals surface area contributed by atoms with Crippen molar-refractivity contribution in [2.24, 2.45) is 0 Å². The van der Waals surface area contributed by atoms with E-state index in [4.69, 9.17) is 0 Å². The third-order valence-electron chi connectivity index (χ3n) is 2.33. The molecule has 0 heterocycles. The smallest absolute Gasteiger partial charge is 0.211 e. The van der Waals surface area contributed by atoms with Crippen molar-refractivity contribution >= 4 is 29.4 Å². The van der Waals surface area contributed by atoms with Gasteiger partial charge in [-0.25, -0.2) is 17.6 Å². The van der Waals surface area contributed by atoms with Crippen molar-refractivity contribution < 1.29 is 17.6 Å². The molecule has 0 atom stereocenters. The molecule has 1 rings (SSSR count). The lowest BCUT2D eigenvalue weighted by atomic mass is 10.4. The maximum atomic E-state index is 12.0. The van der Waals surface area contributed by atoms with Gasteiger partial charge in [-0.1, -0.05) is 34.6 Å². The van der Waals surface area contributed by atoms with E-state index in [2.05, 4.69) is 0 Å². The summed E-state index contributed by atoms with van der Waals surface area (Å²) in [6, 6.07) is 7.28. The van der Waals surface area contributed by atoms with Gasteiger partial charge in [0.05, 0.1) is 19.0 Å². The van der Waals surface area contributed by atoms with E-state index >= 15 is 0 Å². The standard InChI is InChI=1S/C10H14F4Si2/c11-9(12)5-15-7-1-2-8(4-3-7)16-6-10(13)14/h1-4,9-10H,5-6,15-16H2. The molecule has 0 aliphatic heterocycles. The van der Waals surface area contributed by atoms with Crippen LogP contribution in [0.2, 0.25) is 12.1 Å². The van der Waals surface area contributed by atoms with Crippen LogP contribution >= 0.6 is 0 Å². The lowest BCUT2D eigenvalue weighted by Crippen LogP contribution is -2.22. The fourth-order valence-electron chi connectivity index (χ4n) is 1.42. The molecule has 0 fully saturated rings. The molecular weight excluding hydrogens is 252 g/mol. The van der Waals surface area contributed by atoms with Crippen LogP contribution in [0, 0.1) is 0 Å². The maximum Gasteiger partial charge on any atom is 0.236 e. The number of halogens is 4. The van der Waals surface area contributed by atoms with Crippen LogP contribution in [0.5, 0.6) is 0 Å². The first kappa shape index (κ1) is 13.4. The molecule has 0 aliphatic carbocycles. The van der Waals surface area contributed by atoms with Crippen molar-refractivity contribution in [2.75, 3.05) is 0 Å². The third-order valence-corrected chi connectivity index (χ3v) is 5.87. The lowest BCUT2D eigenvalue weighted by molar-refractivity contribution is 0.171. The summed E-state index contributed by atoms with van der Waals surface area (Å²) in [5, 5.41) is 1.96. The van der Waals surface area contributed by atoms with Crippen molar-refractivity contribution in [1.82, 2.24) is 0 Å². The van der Waals surface area contributed by atoms with Gasteiger partial charge < -0.3 is 0 Å². The van der Waals surface area contributed by atoms with E-state index < -0.39 is 31.9 Å². The van der Waals surface area contributed by atoms with Gasteiger partial charge in [0.2, 0.25) is 12.9 Å². The Bertz CT molecular complexity index is 269. The molecule has 6 heteroatoms. The monoisotopic (exact) mass is 266 g/mol. The van der Waals surface area contributed by atoms with Gasteiger partial charge in [-0.2, -0.15) is 0 Å². The molecule has 0 bridgehead atoms. The molecule has 0 aliphatic rings. The minimum absolute atomic E-state index is 0.00614. The molecule has 0 amide bonds. The molecule has 0 saturated carbocycles. The Labute approximate surface area is 96.7 Å². The Morgan fingerprint density at radius 2 is 1.06 bits per heavy atom. The SMILES string of the molecule is FC(F)C[SiH2]c1ccc([SiH2]CC(F)F)cc1. The summed E-state index contributed by atoms with van der Waals surface area (Å²) in [5.41, 5.74) is 0. The molecule has 0 nitrogen and oxygen atoms in total. The molecule has 16 heavy (non-hydrogen) atoms. The van der Waals surface area contributed by atoms with Gasteiger partial charge in [0.1, 0.15) is 0 Å². The summed E-state index contributed by atoms with van der Waals surface area (Å²) in [7, 11) is -1.77. The minimum atomic E-state index is -2.22. The molecule has 0 radical (unpaired) electrons. The molecule has 0 aromatic heterocycles. The van der Waals surface area contributed by atoms with Gasteiger partial charge in [-0.15, -0.1) is 0 Å². The van der Waals surface area contributed by atoms with Gasteiger partial charge >= 0.3 is 0 Å². The number of hydrogen-bond acceptors (Lipinski definition) is 0. The van der Waals surface area contributed by atoms with Crippen molar-refractivity contribution in [3.63, 3.8) is 0 Å². The molecule has 90 valence electrons. The summed E-state index contributed by atoms with van der Waals surface area (Å²) in [6.07, 6.45) is -4.45. The molecule has 0 spiro atoms.